The number of Topliss-reactive ketones (excluding diaryl/α,β-unsaturated/α-hetero) is 1. The summed E-state index contributed by atoms with van der Waals surface area (Å²) in [7, 11) is 0. The number of fused-ring (bicyclic) bond motifs is 1. The van der Waals surface area contributed by atoms with Gasteiger partial charge in [-0.05, 0) is 28.8 Å². The van der Waals surface area contributed by atoms with Gasteiger partial charge in [-0.15, -0.1) is 0 Å². The molecule has 0 heterocycles. The number of halogens is 1. The maximum atomic E-state index is 13.1. The Morgan fingerprint density at radius 3 is 2.59 bits per heavy atom. The summed E-state index contributed by atoms with van der Waals surface area (Å²) in [5.41, 5.74) is 2.76. The zero-order chi connectivity index (χ0) is 11.8. The molecule has 0 N–H and O–H groups in total. The van der Waals surface area contributed by atoms with Crippen LogP contribution < -0.4 is 0 Å². The average Bonchev–Trinajstić information content (AvgIpc) is 2.65. The fourth-order valence-corrected chi connectivity index (χ4v) is 2.48. The summed E-state index contributed by atoms with van der Waals surface area (Å²) in [6, 6.07) is 14.3. The largest absolute Gasteiger partial charge is 0.298 e. The normalized spacial score (nSPS) is 18.2. The summed E-state index contributed by atoms with van der Waals surface area (Å²) < 4.78 is 13.1. The van der Waals surface area contributed by atoms with Crippen LogP contribution in [0.25, 0.3) is 0 Å². The van der Waals surface area contributed by atoms with Crippen LogP contribution in [0.15, 0.2) is 48.5 Å². The van der Waals surface area contributed by atoms with E-state index >= 15 is 0 Å². The van der Waals surface area contributed by atoms with Gasteiger partial charge in [-0.2, -0.15) is 0 Å². The molecule has 1 unspecified atom stereocenters. The van der Waals surface area contributed by atoms with Gasteiger partial charge in [0.1, 0.15) is 11.6 Å². The van der Waals surface area contributed by atoms with E-state index in [2.05, 4.69) is 0 Å². The Hall–Kier alpha value is -1.96. The van der Waals surface area contributed by atoms with E-state index in [1.165, 1.54) is 12.1 Å². The van der Waals surface area contributed by atoms with E-state index in [9.17, 15) is 9.18 Å². The summed E-state index contributed by atoms with van der Waals surface area (Å²) in [6.07, 6.45) is 0.340. The molecular formula is C15H11FO. The maximum Gasteiger partial charge on any atom is 0.149 e. The van der Waals surface area contributed by atoms with Crippen molar-refractivity contribution in [3.8, 4) is 0 Å². The van der Waals surface area contributed by atoms with Crippen molar-refractivity contribution in [3.63, 3.8) is 0 Å². The quantitative estimate of drug-likeness (QED) is 0.730. The van der Waals surface area contributed by atoms with Gasteiger partial charge in [0.2, 0.25) is 0 Å². The Labute approximate surface area is 98.9 Å². The Balaban J connectivity index is 2.12. The van der Waals surface area contributed by atoms with Gasteiger partial charge in [0.05, 0.1) is 5.92 Å². The molecule has 0 fully saturated rings. The van der Waals surface area contributed by atoms with E-state index < -0.39 is 0 Å². The molecule has 3 rings (SSSR count). The predicted octanol–water partition coefficient (Wildman–Crippen LogP) is 3.08. The fourth-order valence-electron chi connectivity index (χ4n) is 2.48. The highest BCUT2D eigenvalue weighted by Gasteiger charge is 2.31. The molecule has 17 heavy (non-hydrogen) atoms. The molecule has 0 spiro atoms. The van der Waals surface area contributed by atoms with E-state index in [-0.39, 0.29) is 17.5 Å². The van der Waals surface area contributed by atoms with Crippen molar-refractivity contribution in [2.75, 3.05) is 0 Å². The Morgan fingerprint density at radius 2 is 1.82 bits per heavy atom. The molecule has 0 aliphatic heterocycles. The summed E-state index contributed by atoms with van der Waals surface area (Å²) in [4.78, 5) is 12.0. The number of hydrogen-bond donors (Lipinski definition) is 0. The second kappa shape index (κ2) is 3.81. The fraction of sp³-hybridized carbons (Fsp3) is 0.133. The molecule has 0 radical (unpaired) electrons. The van der Waals surface area contributed by atoms with Crippen LogP contribution in [0.1, 0.15) is 22.6 Å². The molecule has 0 aromatic heterocycles. The van der Waals surface area contributed by atoms with E-state index in [0.29, 0.717) is 6.42 Å². The lowest BCUT2D eigenvalue weighted by atomic mass is 9.92. The van der Waals surface area contributed by atoms with Crippen LogP contribution in [0.3, 0.4) is 0 Å². The van der Waals surface area contributed by atoms with Crippen LogP contribution in [0.4, 0.5) is 4.39 Å². The first kappa shape index (κ1) is 10.2. The molecule has 2 heteroatoms. The van der Waals surface area contributed by atoms with Crippen molar-refractivity contribution >= 4 is 5.78 Å². The second-order valence-corrected chi connectivity index (χ2v) is 4.33. The van der Waals surface area contributed by atoms with E-state index in [1.54, 1.807) is 6.07 Å². The monoisotopic (exact) mass is 226 g/mol. The number of benzene rings is 2. The highest BCUT2D eigenvalue weighted by molar-refractivity contribution is 5.95. The molecule has 1 nitrogen and oxygen atoms in total. The minimum atomic E-state index is -0.273. The van der Waals surface area contributed by atoms with Gasteiger partial charge in [0, 0.05) is 6.42 Å². The summed E-state index contributed by atoms with van der Waals surface area (Å²) in [5.74, 6) is -0.339. The molecule has 2 aromatic carbocycles. The van der Waals surface area contributed by atoms with E-state index in [4.69, 9.17) is 0 Å². The number of rotatable bonds is 1. The third-order valence-electron chi connectivity index (χ3n) is 3.24. The van der Waals surface area contributed by atoms with Gasteiger partial charge in [-0.1, -0.05) is 36.4 Å². The van der Waals surface area contributed by atoms with Gasteiger partial charge in [0.15, 0.2) is 0 Å². The summed E-state index contributed by atoms with van der Waals surface area (Å²) >= 11 is 0. The molecule has 1 aliphatic carbocycles. The third kappa shape index (κ3) is 1.66. The van der Waals surface area contributed by atoms with Gasteiger partial charge in [0.25, 0.3) is 0 Å². The molecule has 84 valence electrons. The Kier molecular flexibility index (Phi) is 2.29. The van der Waals surface area contributed by atoms with Crippen LogP contribution in [-0.4, -0.2) is 5.78 Å². The van der Waals surface area contributed by atoms with Crippen molar-refractivity contribution in [2.24, 2.45) is 0 Å². The van der Waals surface area contributed by atoms with Gasteiger partial charge < -0.3 is 0 Å². The van der Waals surface area contributed by atoms with E-state index in [0.717, 1.165) is 16.7 Å². The van der Waals surface area contributed by atoms with Gasteiger partial charge >= 0.3 is 0 Å². The van der Waals surface area contributed by atoms with E-state index in [1.807, 2.05) is 30.3 Å². The Bertz CT molecular complexity index is 575. The number of carbonyl (C=O) groups excluding carboxylic acids is 1. The topological polar surface area (TPSA) is 17.1 Å². The molecule has 1 atom stereocenters. The van der Waals surface area contributed by atoms with Crippen molar-refractivity contribution in [1.29, 1.82) is 0 Å². The molecule has 2 aromatic rings. The lowest BCUT2D eigenvalue weighted by Crippen LogP contribution is -2.07. The number of carbonyl (C=O) groups is 1. The smallest absolute Gasteiger partial charge is 0.149 e. The zero-order valence-electron chi connectivity index (χ0n) is 9.19. The van der Waals surface area contributed by atoms with Crippen molar-refractivity contribution in [3.05, 3.63) is 71.0 Å². The zero-order valence-corrected chi connectivity index (χ0v) is 9.19. The standard InChI is InChI=1S/C15H11FO/c16-12-6-7-13-11(8-12)9-14(17)15(13)10-4-2-1-3-5-10/h1-8,15H,9H2. The Morgan fingerprint density at radius 1 is 1.06 bits per heavy atom. The third-order valence-corrected chi connectivity index (χ3v) is 3.24. The summed E-state index contributed by atoms with van der Waals surface area (Å²) in [5, 5.41) is 0. The van der Waals surface area contributed by atoms with Gasteiger partial charge in [-0.25, -0.2) is 4.39 Å². The van der Waals surface area contributed by atoms with Crippen molar-refractivity contribution < 1.29 is 9.18 Å². The molecular weight excluding hydrogens is 215 g/mol. The van der Waals surface area contributed by atoms with Crippen LogP contribution in [0.2, 0.25) is 0 Å². The number of ketones is 1. The van der Waals surface area contributed by atoms with Gasteiger partial charge in [-0.3, -0.25) is 4.79 Å². The van der Waals surface area contributed by atoms with Crippen LogP contribution in [-0.2, 0) is 11.2 Å². The maximum absolute atomic E-state index is 13.1. The highest BCUT2D eigenvalue weighted by atomic mass is 19.1. The molecule has 0 bridgehead atoms. The van der Waals surface area contributed by atoms with Crippen molar-refractivity contribution in [1.82, 2.24) is 0 Å². The van der Waals surface area contributed by atoms with Crippen molar-refractivity contribution in [2.45, 2.75) is 12.3 Å². The average molecular weight is 226 g/mol. The van der Waals surface area contributed by atoms with Crippen LogP contribution in [0.5, 0.6) is 0 Å². The first-order valence-electron chi connectivity index (χ1n) is 5.61. The predicted molar refractivity (Wildman–Crippen MR) is 63.4 cm³/mol. The SMILES string of the molecule is O=C1Cc2cc(F)ccc2C1c1ccccc1. The highest BCUT2D eigenvalue weighted by Crippen LogP contribution is 2.35. The minimum Gasteiger partial charge on any atom is -0.298 e. The molecule has 0 saturated heterocycles. The molecule has 0 saturated carbocycles. The minimum absolute atomic E-state index is 0.150. The first-order valence-corrected chi connectivity index (χ1v) is 5.61. The molecule has 1 aliphatic rings. The first-order chi connectivity index (χ1) is 8.25. The van der Waals surface area contributed by atoms with Crippen LogP contribution >= 0.6 is 0 Å². The lowest BCUT2D eigenvalue weighted by molar-refractivity contribution is -0.118. The lowest BCUT2D eigenvalue weighted by Gasteiger charge is -2.10. The number of hydrogen-bond acceptors (Lipinski definition) is 1. The van der Waals surface area contributed by atoms with Crippen LogP contribution in [0, 0.1) is 5.82 Å². The molecule has 0 amide bonds. The second-order valence-electron chi connectivity index (χ2n) is 4.33. The summed E-state index contributed by atoms with van der Waals surface area (Å²) in [6.45, 7) is 0.